The average molecular weight is 202 g/mol. The summed E-state index contributed by atoms with van der Waals surface area (Å²) in [5, 5.41) is 9.22. The van der Waals surface area contributed by atoms with E-state index in [-0.39, 0.29) is 12.6 Å². The van der Waals surface area contributed by atoms with Crippen LogP contribution in [0.3, 0.4) is 0 Å². The Morgan fingerprint density at radius 3 is 2.36 bits per heavy atom. The van der Waals surface area contributed by atoms with Crippen LogP contribution in [0.2, 0.25) is 0 Å². The monoisotopic (exact) mass is 202 g/mol. The van der Waals surface area contributed by atoms with Crippen molar-refractivity contribution in [1.29, 1.82) is 0 Å². The quantitative estimate of drug-likeness (QED) is 0.622. The molecule has 0 bridgehead atoms. The third-order valence-corrected chi connectivity index (χ3v) is 2.88. The molecule has 0 spiro atoms. The summed E-state index contributed by atoms with van der Waals surface area (Å²) in [6, 6.07) is 0.652. The lowest BCUT2D eigenvalue weighted by Gasteiger charge is -2.34. The van der Waals surface area contributed by atoms with Gasteiger partial charge in [0.05, 0.1) is 6.61 Å². The predicted molar refractivity (Wildman–Crippen MR) is 61.3 cm³/mol. The third-order valence-electron chi connectivity index (χ3n) is 2.88. The van der Waals surface area contributed by atoms with Crippen molar-refractivity contribution in [2.24, 2.45) is 5.73 Å². The van der Waals surface area contributed by atoms with Crippen LogP contribution in [0, 0.1) is 0 Å². The Bertz CT molecular complexity index is 126. The maximum atomic E-state index is 9.22. The van der Waals surface area contributed by atoms with Crippen molar-refractivity contribution in [3.8, 4) is 0 Å². The van der Waals surface area contributed by atoms with Gasteiger partial charge in [-0.15, -0.1) is 0 Å². The van der Waals surface area contributed by atoms with Gasteiger partial charge in [0.15, 0.2) is 0 Å². The minimum absolute atomic E-state index is 0.136. The summed E-state index contributed by atoms with van der Waals surface area (Å²) in [4.78, 5) is 2.34. The molecule has 3 nitrogen and oxygen atoms in total. The van der Waals surface area contributed by atoms with Crippen molar-refractivity contribution in [2.45, 2.75) is 52.1 Å². The molecule has 0 saturated carbocycles. The van der Waals surface area contributed by atoms with Crippen molar-refractivity contribution in [2.75, 3.05) is 19.7 Å². The van der Waals surface area contributed by atoms with Crippen molar-refractivity contribution < 1.29 is 5.11 Å². The van der Waals surface area contributed by atoms with Crippen LogP contribution in [0.4, 0.5) is 0 Å². The van der Waals surface area contributed by atoms with Crippen LogP contribution in [0.1, 0.15) is 40.0 Å². The molecule has 0 fully saturated rings. The minimum atomic E-state index is 0.136. The molecular weight excluding hydrogens is 176 g/mol. The highest BCUT2D eigenvalue weighted by atomic mass is 16.3. The van der Waals surface area contributed by atoms with Gasteiger partial charge in [-0.1, -0.05) is 20.3 Å². The summed E-state index contributed by atoms with van der Waals surface area (Å²) in [5.41, 5.74) is 5.65. The molecule has 0 aromatic rings. The third kappa shape index (κ3) is 4.40. The number of aliphatic hydroxyl groups excluding tert-OH is 1. The lowest BCUT2D eigenvalue weighted by Crippen LogP contribution is -2.48. The highest BCUT2D eigenvalue weighted by Crippen LogP contribution is 2.09. The molecule has 0 aliphatic rings. The van der Waals surface area contributed by atoms with E-state index in [0.29, 0.717) is 12.6 Å². The van der Waals surface area contributed by atoms with E-state index < -0.39 is 0 Å². The normalized spacial score (nSPS) is 15.9. The first-order valence-electron chi connectivity index (χ1n) is 5.77. The highest BCUT2D eigenvalue weighted by Gasteiger charge is 2.19. The van der Waals surface area contributed by atoms with E-state index in [2.05, 4.69) is 25.7 Å². The maximum Gasteiger partial charge on any atom is 0.0599 e. The van der Waals surface area contributed by atoms with E-state index in [0.717, 1.165) is 13.0 Å². The molecule has 14 heavy (non-hydrogen) atoms. The molecule has 0 amide bonds. The SMILES string of the molecule is CCCCN(C(C)CC)C(CN)CO. The van der Waals surface area contributed by atoms with Gasteiger partial charge in [0.25, 0.3) is 0 Å². The van der Waals surface area contributed by atoms with Gasteiger partial charge in [-0.25, -0.2) is 0 Å². The van der Waals surface area contributed by atoms with E-state index in [9.17, 15) is 5.11 Å². The molecule has 0 aromatic carbocycles. The highest BCUT2D eigenvalue weighted by molar-refractivity contribution is 4.76. The van der Waals surface area contributed by atoms with E-state index in [1.165, 1.54) is 12.8 Å². The molecular formula is C11H26N2O. The summed E-state index contributed by atoms with van der Waals surface area (Å²) in [5.74, 6) is 0. The fourth-order valence-corrected chi connectivity index (χ4v) is 1.65. The van der Waals surface area contributed by atoms with Gasteiger partial charge in [0.1, 0.15) is 0 Å². The number of hydrogen-bond donors (Lipinski definition) is 2. The molecule has 86 valence electrons. The maximum absolute atomic E-state index is 9.22. The molecule has 0 saturated heterocycles. The van der Waals surface area contributed by atoms with Gasteiger partial charge in [-0.2, -0.15) is 0 Å². The van der Waals surface area contributed by atoms with Crippen LogP contribution in [-0.2, 0) is 0 Å². The van der Waals surface area contributed by atoms with Gasteiger partial charge in [-0.05, 0) is 26.3 Å². The topological polar surface area (TPSA) is 49.5 Å². The molecule has 2 unspecified atom stereocenters. The summed E-state index contributed by atoms with van der Waals surface area (Å²) >= 11 is 0. The standard InChI is InChI=1S/C11H26N2O/c1-4-6-7-13(10(3)5-2)11(8-12)9-14/h10-11,14H,4-9,12H2,1-3H3. The Morgan fingerprint density at radius 2 is 2.00 bits per heavy atom. The second kappa shape index (κ2) is 8.21. The summed E-state index contributed by atoms with van der Waals surface area (Å²) in [6.07, 6.45) is 3.48. The number of nitrogens with zero attached hydrogens (tertiary/aromatic N) is 1. The van der Waals surface area contributed by atoms with Crippen molar-refractivity contribution in [3.63, 3.8) is 0 Å². The van der Waals surface area contributed by atoms with E-state index in [1.54, 1.807) is 0 Å². The van der Waals surface area contributed by atoms with Gasteiger partial charge >= 0.3 is 0 Å². The van der Waals surface area contributed by atoms with Crippen molar-refractivity contribution in [1.82, 2.24) is 4.90 Å². The Morgan fingerprint density at radius 1 is 1.36 bits per heavy atom. The van der Waals surface area contributed by atoms with Crippen LogP contribution < -0.4 is 5.73 Å². The number of rotatable bonds is 8. The van der Waals surface area contributed by atoms with Gasteiger partial charge in [-0.3, -0.25) is 4.90 Å². The molecule has 3 heteroatoms. The molecule has 0 radical (unpaired) electrons. The lowest BCUT2D eigenvalue weighted by molar-refractivity contribution is 0.0902. The predicted octanol–water partition coefficient (Wildman–Crippen LogP) is 1.21. The molecule has 0 heterocycles. The Labute approximate surface area is 88.3 Å². The molecule has 3 N–H and O–H groups in total. The number of unbranched alkanes of at least 4 members (excludes halogenated alkanes) is 1. The van der Waals surface area contributed by atoms with E-state index >= 15 is 0 Å². The number of hydrogen-bond acceptors (Lipinski definition) is 3. The number of aliphatic hydroxyl groups is 1. The fraction of sp³-hybridized carbons (Fsp3) is 1.00. The molecule has 0 aliphatic heterocycles. The van der Waals surface area contributed by atoms with E-state index in [1.807, 2.05) is 0 Å². The van der Waals surface area contributed by atoms with E-state index in [4.69, 9.17) is 5.73 Å². The minimum Gasteiger partial charge on any atom is -0.395 e. The average Bonchev–Trinajstić information content (AvgIpc) is 2.23. The zero-order chi connectivity index (χ0) is 11.0. The second-order valence-corrected chi connectivity index (χ2v) is 3.92. The summed E-state index contributed by atoms with van der Waals surface area (Å²) < 4.78 is 0. The molecule has 0 aromatic heterocycles. The summed E-state index contributed by atoms with van der Waals surface area (Å²) in [7, 11) is 0. The first-order valence-corrected chi connectivity index (χ1v) is 5.77. The summed E-state index contributed by atoms with van der Waals surface area (Å²) in [6.45, 7) is 8.33. The Balaban J connectivity index is 4.19. The van der Waals surface area contributed by atoms with Crippen LogP contribution in [-0.4, -0.2) is 41.8 Å². The van der Waals surface area contributed by atoms with Gasteiger partial charge in [0.2, 0.25) is 0 Å². The van der Waals surface area contributed by atoms with Gasteiger partial charge in [0, 0.05) is 18.6 Å². The zero-order valence-electron chi connectivity index (χ0n) is 9.87. The smallest absolute Gasteiger partial charge is 0.0599 e. The molecule has 2 atom stereocenters. The van der Waals surface area contributed by atoms with Crippen LogP contribution in [0.15, 0.2) is 0 Å². The van der Waals surface area contributed by atoms with Crippen LogP contribution in [0.25, 0.3) is 0 Å². The van der Waals surface area contributed by atoms with Gasteiger partial charge < -0.3 is 10.8 Å². The Kier molecular flexibility index (Phi) is 8.14. The largest absolute Gasteiger partial charge is 0.395 e. The second-order valence-electron chi connectivity index (χ2n) is 3.92. The van der Waals surface area contributed by atoms with Crippen molar-refractivity contribution >= 4 is 0 Å². The lowest BCUT2D eigenvalue weighted by atomic mass is 10.1. The first kappa shape index (κ1) is 13.9. The van der Waals surface area contributed by atoms with Crippen LogP contribution in [0.5, 0.6) is 0 Å². The first-order chi connectivity index (χ1) is 6.71. The molecule has 0 aliphatic carbocycles. The van der Waals surface area contributed by atoms with Crippen LogP contribution >= 0.6 is 0 Å². The number of nitrogens with two attached hydrogens (primary N) is 1. The Hall–Kier alpha value is -0.120. The fourth-order valence-electron chi connectivity index (χ4n) is 1.65. The zero-order valence-corrected chi connectivity index (χ0v) is 9.87. The van der Waals surface area contributed by atoms with Crippen molar-refractivity contribution in [3.05, 3.63) is 0 Å². The molecule has 0 rings (SSSR count).